The fourth-order valence-corrected chi connectivity index (χ4v) is 3.31. The predicted molar refractivity (Wildman–Crippen MR) is 71.9 cm³/mol. The summed E-state index contributed by atoms with van der Waals surface area (Å²) in [5, 5.41) is 3.30. The van der Waals surface area contributed by atoms with Crippen molar-refractivity contribution in [3.05, 3.63) is 0 Å². The van der Waals surface area contributed by atoms with Gasteiger partial charge in [0.25, 0.3) is 0 Å². The summed E-state index contributed by atoms with van der Waals surface area (Å²) in [5.41, 5.74) is 0. The van der Waals surface area contributed by atoms with E-state index >= 15 is 0 Å². The van der Waals surface area contributed by atoms with Crippen LogP contribution in [0.5, 0.6) is 0 Å². The standard InChI is InChI=1S/C11H23N3O4S/c1-3-6-12-8-10-5-4-7-14(9-10)19(16,17)13-11(15)18-2/h10,12H,3-9H2,1-2H3,(H,13,15). The quantitative estimate of drug-likeness (QED) is 0.688. The Bertz CT molecular complexity index is 385. The molecule has 0 aromatic heterocycles. The fourth-order valence-electron chi connectivity index (χ4n) is 2.11. The van der Waals surface area contributed by atoms with Crippen LogP contribution in [0.2, 0.25) is 0 Å². The highest BCUT2D eigenvalue weighted by Crippen LogP contribution is 2.18. The van der Waals surface area contributed by atoms with E-state index < -0.39 is 16.3 Å². The van der Waals surface area contributed by atoms with Crippen molar-refractivity contribution in [1.29, 1.82) is 0 Å². The molecule has 112 valence electrons. The van der Waals surface area contributed by atoms with E-state index in [4.69, 9.17) is 0 Å². The van der Waals surface area contributed by atoms with Crippen LogP contribution in [-0.2, 0) is 14.9 Å². The molecule has 7 nitrogen and oxygen atoms in total. The Kier molecular flexibility index (Phi) is 6.53. The van der Waals surface area contributed by atoms with Gasteiger partial charge in [-0.05, 0) is 38.3 Å². The van der Waals surface area contributed by atoms with Crippen LogP contribution >= 0.6 is 0 Å². The largest absolute Gasteiger partial charge is 0.452 e. The van der Waals surface area contributed by atoms with Crippen LogP contribution in [0.4, 0.5) is 4.79 Å². The third kappa shape index (κ3) is 5.33. The summed E-state index contributed by atoms with van der Waals surface area (Å²) in [7, 11) is -2.64. The number of methoxy groups -OCH3 is 1. The molecule has 1 fully saturated rings. The predicted octanol–water partition coefficient (Wildman–Crippen LogP) is 0.299. The molecule has 1 atom stereocenters. The number of hydrogen-bond donors (Lipinski definition) is 2. The molecule has 1 rings (SSSR count). The van der Waals surface area contributed by atoms with Crippen LogP contribution in [0, 0.1) is 5.92 Å². The van der Waals surface area contributed by atoms with Gasteiger partial charge in [-0.15, -0.1) is 0 Å². The molecule has 1 saturated heterocycles. The number of hydrogen-bond acceptors (Lipinski definition) is 5. The Labute approximate surface area is 114 Å². The number of nitrogens with one attached hydrogen (secondary N) is 2. The van der Waals surface area contributed by atoms with Gasteiger partial charge < -0.3 is 10.1 Å². The van der Waals surface area contributed by atoms with Gasteiger partial charge in [-0.25, -0.2) is 9.52 Å². The lowest BCUT2D eigenvalue weighted by atomic mass is 10.00. The summed E-state index contributed by atoms with van der Waals surface area (Å²) in [6, 6.07) is 0. The number of rotatable bonds is 6. The second-order valence-corrected chi connectivity index (χ2v) is 6.34. The van der Waals surface area contributed by atoms with Crippen molar-refractivity contribution in [1.82, 2.24) is 14.3 Å². The van der Waals surface area contributed by atoms with Gasteiger partial charge in [-0.2, -0.15) is 12.7 Å². The van der Waals surface area contributed by atoms with Gasteiger partial charge in [-0.3, -0.25) is 0 Å². The molecule has 2 N–H and O–H groups in total. The van der Waals surface area contributed by atoms with Crippen LogP contribution in [-0.4, -0.2) is 52.1 Å². The highest BCUT2D eigenvalue weighted by atomic mass is 32.2. The molecule has 0 saturated carbocycles. The number of piperidine rings is 1. The molecule has 0 spiro atoms. The molecular weight excluding hydrogens is 270 g/mol. The van der Waals surface area contributed by atoms with E-state index in [0.717, 1.165) is 39.5 Å². The number of nitrogens with zero attached hydrogens (tertiary/aromatic N) is 1. The Morgan fingerprint density at radius 2 is 2.21 bits per heavy atom. The highest BCUT2D eigenvalue weighted by Gasteiger charge is 2.30. The minimum atomic E-state index is -3.78. The van der Waals surface area contributed by atoms with Crippen molar-refractivity contribution >= 4 is 16.3 Å². The van der Waals surface area contributed by atoms with Crippen molar-refractivity contribution in [3.63, 3.8) is 0 Å². The lowest BCUT2D eigenvalue weighted by Gasteiger charge is -2.31. The lowest BCUT2D eigenvalue weighted by molar-refractivity contribution is 0.176. The Hall–Kier alpha value is -0.860. The smallest absolute Gasteiger partial charge is 0.421 e. The van der Waals surface area contributed by atoms with Crippen molar-refractivity contribution in [2.45, 2.75) is 26.2 Å². The van der Waals surface area contributed by atoms with Crippen molar-refractivity contribution < 1.29 is 17.9 Å². The molecule has 0 radical (unpaired) electrons. The third-order valence-electron chi connectivity index (χ3n) is 3.08. The Balaban J connectivity index is 2.51. The maximum absolute atomic E-state index is 11.9. The van der Waals surface area contributed by atoms with E-state index in [-0.39, 0.29) is 5.92 Å². The van der Waals surface area contributed by atoms with Gasteiger partial charge in [0, 0.05) is 13.1 Å². The second kappa shape index (κ2) is 7.66. The molecule has 0 aliphatic carbocycles. The summed E-state index contributed by atoms with van der Waals surface area (Å²) in [6.45, 7) is 4.70. The summed E-state index contributed by atoms with van der Waals surface area (Å²) in [6.07, 6.45) is 1.91. The van der Waals surface area contributed by atoms with E-state index in [1.165, 1.54) is 4.31 Å². The van der Waals surface area contributed by atoms with Crippen LogP contribution in [0.25, 0.3) is 0 Å². The average Bonchev–Trinajstić information content (AvgIpc) is 2.39. The SMILES string of the molecule is CCCNCC1CCCN(S(=O)(=O)NC(=O)OC)C1. The van der Waals surface area contributed by atoms with Gasteiger partial charge in [0.05, 0.1) is 7.11 Å². The van der Waals surface area contributed by atoms with Gasteiger partial charge in [-0.1, -0.05) is 6.92 Å². The Morgan fingerprint density at radius 1 is 1.47 bits per heavy atom. The summed E-state index contributed by atoms with van der Waals surface area (Å²) < 4.78 is 31.4. The first-order chi connectivity index (χ1) is 8.99. The molecule has 8 heteroatoms. The molecule has 1 unspecified atom stereocenters. The van der Waals surface area contributed by atoms with Crippen LogP contribution in [0.1, 0.15) is 26.2 Å². The first kappa shape index (κ1) is 16.2. The van der Waals surface area contributed by atoms with Crippen LogP contribution in [0.15, 0.2) is 0 Å². The fraction of sp³-hybridized carbons (Fsp3) is 0.909. The monoisotopic (exact) mass is 293 g/mol. The molecule has 1 aliphatic heterocycles. The lowest BCUT2D eigenvalue weighted by Crippen LogP contribution is -2.49. The van der Waals surface area contributed by atoms with Crippen molar-refractivity contribution in [2.24, 2.45) is 5.92 Å². The van der Waals surface area contributed by atoms with Gasteiger partial charge in [0.15, 0.2) is 0 Å². The zero-order chi connectivity index (χ0) is 14.3. The highest BCUT2D eigenvalue weighted by molar-refractivity contribution is 7.87. The molecule has 0 bridgehead atoms. The van der Waals surface area contributed by atoms with Crippen molar-refractivity contribution in [3.8, 4) is 0 Å². The van der Waals surface area contributed by atoms with E-state index in [1.54, 1.807) is 0 Å². The zero-order valence-corrected chi connectivity index (χ0v) is 12.3. The molecular formula is C11H23N3O4S. The maximum atomic E-state index is 11.9. The van der Waals surface area contributed by atoms with Gasteiger partial charge >= 0.3 is 16.3 Å². The number of ether oxygens (including phenoxy) is 1. The number of carbonyl (C=O) groups is 1. The summed E-state index contributed by atoms with van der Waals surface area (Å²) in [5.74, 6) is 0.287. The van der Waals surface area contributed by atoms with Crippen LogP contribution in [0.3, 0.4) is 0 Å². The summed E-state index contributed by atoms with van der Waals surface area (Å²) in [4.78, 5) is 11.0. The number of amides is 1. The Morgan fingerprint density at radius 3 is 2.84 bits per heavy atom. The zero-order valence-electron chi connectivity index (χ0n) is 11.5. The van der Waals surface area contributed by atoms with E-state index in [1.807, 2.05) is 4.72 Å². The average molecular weight is 293 g/mol. The third-order valence-corrected chi connectivity index (χ3v) is 4.52. The molecule has 0 aromatic carbocycles. The van der Waals surface area contributed by atoms with E-state index in [9.17, 15) is 13.2 Å². The maximum Gasteiger partial charge on any atom is 0.421 e. The molecule has 0 aromatic rings. The molecule has 19 heavy (non-hydrogen) atoms. The molecule has 1 heterocycles. The first-order valence-corrected chi connectivity index (χ1v) is 8.00. The second-order valence-electron chi connectivity index (χ2n) is 4.67. The molecule has 1 amide bonds. The topological polar surface area (TPSA) is 87.7 Å². The van der Waals surface area contributed by atoms with E-state index in [0.29, 0.717) is 13.1 Å². The minimum absolute atomic E-state index is 0.287. The van der Waals surface area contributed by atoms with Crippen LogP contribution < -0.4 is 10.0 Å². The number of carbonyl (C=O) groups excluding carboxylic acids is 1. The van der Waals surface area contributed by atoms with Gasteiger partial charge in [0.1, 0.15) is 0 Å². The van der Waals surface area contributed by atoms with Crippen molar-refractivity contribution in [2.75, 3.05) is 33.3 Å². The normalized spacial score (nSPS) is 21.1. The van der Waals surface area contributed by atoms with Gasteiger partial charge in [0.2, 0.25) is 0 Å². The molecule has 1 aliphatic rings. The summed E-state index contributed by atoms with van der Waals surface area (Å²) >= 11 is 0. The van der Waals surface area contributed by atoms with E-state index in [2.05, 4.69) is 17.0 Å². The first-order valence-electron chi connectivity index (χ1n) is 6.56. The minimum Gasteiger partial charge on any atom is -0.452 e.